The lowest BCUT2D eigenvalue weighted by Gasteiger charge is -2.21. The molecule has 0 saturated heterocycles. The predicted molar refractivity (Wildman–Crippen MR) is 91.6 cm³/mol. The summed E-state index contributed by atoms with van der Waals surface area (Å²) in [5.41, 5.74) is 0.0799. The molecule has 1 aliphatic heterocycles. The van der Waals surface area contributed by atoms with Gasteiger partial charge < -0.3 is 0 Å². The Balaban J connectivity index is 2.07. The van der Waals surface area contributed by atoms with E-state index in [0.29, 0.717) is 17.7 Å². The second-order valence-electron chi connectivity index (χ2n) is 6.06. The van der Waals surface area contributed by atoms with Gasteiger partial charge in [0.15, 0.2) is 15.5 Å². The summed E-state index contributed by atoms with van der Waals surface area (Å²) in [5, 5.41) is 7.73. The zero-order chi connectivity index (χ0) is 19.8. The van der Waals surface area contributed by atoms with Crippen molar-refractivity contribution in [3.8, 4) is 5.69 Å². The molecule has 0 bridgehead atoms. The van der Waals surface area contributed by atoms with Gasteiger partial charge in [0, 0.05) is 12.8 Å². The van der Waals surface area contributed by atoms with Gasteiger partial charge in [-0.1, -0.05) is 6.08 Å². The van der Waals surface area contributed by atoms with Crippen molar-refractivity contribution in [1.82, 2.24) is 14.8 Å². The SMILES string of the molecule is CS(=O)(=O)c1ccc(-n2nc(C(F)(F)F)cc2C2=CCN(N=O)CC2)cc1. The molecule has 0 N–H and O–H groups in total. The molecular weight excluding hydrogens is 385 g/mol. The van der Waals surface area contributed by atoms with E-state index < -0.39 is 21.7 Å². The minimum Gasteiger partial charge on any atom is -0.257 e. The molecule has 2 aromatic rings. The van der Waals surface area contributed by atoms with Gasteiger partial charge in [-0.15, -0.1) is 4.91 Å². The van der Waals surface area contributed by atoms with E-state index in [1.165, 1.54) is 29.3 Å². The Morgan fingerprint density at radius 1 is 1.19 bits per heavy atom. The van der Waals surface area contributed by atoms with E-state index in [9.17, 15) is 26.5 Å². The molecule has 0 atom stereocenters. The Labute approximate surface area is 153 Å². The normalized spacial score (nSPS) is 15.6. The van der Waals surface area contributed by atoms with Crippen LogP contribution in [0, 0.1) is 4.91 Å². The quantitative estimate of drug-likeness (QED) is 0.737. The monoisotopic (exact) mass is 400 g/mol. The number of nitrogens with zero attached hydrogens (tertiary/aromatic N) is 4. The molecule has 2 heterocycles. The zero-order valence-electron chi connectivity index (χ0n) is 14.1. The van der Waals surface area contributed by atoms with E-state index in [-0.39, 0.29) is 23.7 Å². The Hall–Kier alpha value is -2.69. The maximum Gasteiger partial charge on any atom is 0.435 e. The zero-order valence-corrected chi connectivity index (χ0v) is 15.0. The molecule has 0 radical (unpaired) electrons. The second-order valence-corrected chi connectivity index (χ2v) is 8.08. The minimum atomic E-state index is -4.63. The molecule has 0 unspecified atom stereocenters. The summed E-state index contributed by atoms with van der Waals surface area (Å²) in [6.45, 7) is 0.479. The molecule has 7 nitrogen and oxygen atoms in total. The van der Waals surface area contributed by atoms with Crippen LogP contribution in [-0.4, -0.2) is 42.6 Å². The predicted octanol–water partition coefficient (Wildman–Crippen LogP) is 3.07. The third kappa shape index (κ3) is 4.02. The molecule has 27 heavy (non-hydrogen) atoms. The van der Waals surface area contributed by atoms with Crippen LogP contribution in [0.1, 0.15) is 17.8 Å². The fraction of sp³-hybridized carbons (Fsp3) is 0.312. The van der Waals surface area contributed by atoms with Gasteiger partial charge in [0.2, 0.25) is 0 Å². The third-order valence-electron chi connectivity index (χ3n) is 4.14. The molecule has 3 rings (SSSR count). The van der Waals surface area contributed by atoms with Crippen molar-refractivity contribution in [3.63, 3.8) is 0 Å². The first-order valence-corrected chi connectivity index (χ1v) is 9.74. The summed E-state index contributed by atoms with van der Waals surface area (Å²) in [7, 11) is -3.43. The Morgan fingerprint density at radius 3 is 2.33 bits per heavy atom. The molecule has 11 heteroatoms. The van der Waals surface area contributed by atoms with Crippen LogP contribution in [0.5, 0.6) is 0 Å². The van der Waals surface area contributed by atoms with Gasteiger partial charge >= 0.3 is 6.18 Å². The average Bonchev–Trinajstić information content (AvgIpc) is 3.07. The smallest absolute Gasteiger partial charge is 0.257 e. The van der Waals surface area contributed by atoms with Crippen LogP contribution in [0.15, 0.2) is 46.6 Å². The van der Waals surface area contributed by atoms with Crippen LogP contribution in [0.3, 0.4) is 0 Å². The molecule has 1 aliphatic rings. The van der Waals surface area contributed by atoms with Crippen LogP contribution in [-0.2, 0) is 16.0 Å². The molecule has 0 fully saturated rings. The first kappa shape index (κ1) is 19.1. The second kappa shape index (κ2) is 6.80. The fourth-order valence-electron chi connectivity index (χ4n) is 2.74. The number of aromatic nitrogens is 2. The molecular formula is C16H15F3N4O3S. The highest BCUT2D eigenvalue weighted by molar-refractivity contribution is 7.90. The van der Waals surface area contributed by atoms with Gasteiger partial charge in [-0.3, -0.25) is 5.01 Å². The first-order chi connectivity index (χ1) is 12.6. The van der Waals surface area contributed by atoms with E-state index in [1.807, 2.05) is 0 Å². The average molecular weight is 400 g/mol. The van der Waals surface area contributed by atoms with Crippen molar-refractivity contribution in [3.05, 3.63) is 52.7 Å². The number of nitroso groups, excluding NO2 is 1. The first-order valence-electron chi connectivity index (χ1n) is 7.85. The van der Waals surface area contributed by atoms with Crippen molar-refractivity contribution in [2.75, 3.05) is 19.3 Å². The van der Waals surface area contributed by atoms with Crippen LogP contribution in [0.25, 0.3) is 11.3 Å². The van der Waals surface area contributed by atoms with Crippen molar-refractivity contribution in [2.45, 2.75) is 17.5 Å². The van der Waals surface area contributed by atoms with Crippen LogP contribution < -0.4 is 0 Å². The van der Waals surface area contributed by atoms with Gasteiger partial charge in [0.25, 0.3) is 0 Å². The summed E-state index contributed by atoms with van der Waals surface area (Å²) in [4.78, 5) is 10.6. The summed E-state index contributed by atoms with van der Waals surface area (Å²) in [6.07, 6.45) is -1.62. The lowest BCUT2D eigenvalue weighted by atomic mass is 10.0. The molecule has 144 valence electrons. The number of alkyl halides is 3. The van der Waals surface area contributed by atoms with Crippen molar-refractivity contribution < 1.29 is 21.6 Å². The van der Waals surface area contributed by atoms with Crippen LogP contribution >= 0.6 is 0 Å². The molecule has 0 amide bonds. The topological polar surface area (TPSA) is 84.6 Å². The van der Waals surface area contributed by atoms with Gasteiger partial charge in [0.1, 0.15) is 0 Å². The van der Waals surface area contributed by atoms with Gasteiger partial charge in [-0.25, -0.2) is 13.1 Å². The van der Waals surface area contributed by atoms with Gasteiger partial charge in [0.05, 0.1) is 28.1 Å². The largest absolute Gasteiger partial charge is 0.435 e. The highest BCUT2D eigenvalue weighted by Gasteiger charge is 2.35. The maximum atomic E-state index is 13.2. The van der Waals surface area contributed by atoms with Crippen molar-refractivity contribution >= 4 is 15.4 Å². The number of hydrogen-bond donors (Lipinski definition) is 0. The van der Waals surface area contributed by atoms with E-state index in [1.54, 1.807) is 6.08 Å². The minimum absolute atomic E-state index is 0.0561. The number of hydrogen-bond acceptors (Lipinski definition) is 5. The number of halogens is 3. The third-order valence-corrected chi connectivity index (χ3v) is 5.27. The summed E-state index contributed by atoms with van der Waals surface area (Å²) < 4.78 is 63.8. The Morgan fingerprint density at radius 2 is 1.85 bits per heavy atom. The summed E-state index contributed by atoms with van der Waals surface area (Å²) in [5.74, 6) is 0. The number of benzene rings is 1. The highest BCUT2D eigenvalue weighted by Crippen LogP contribution is 2.33. The van der Waals surface area contributed by atoms with E-state index in [0.717, 1.165) is 17.0 Å². The van der Waals surface area contributed by atoms with Crippen molar-refractivity contribution in [2.24, 2.45) is 5.29 Å². The molecule has 1 aromatic heterocycles. The van der Waals surface area contributed by atoms with E-state index in [2.05, 4.69) is 10.4 Å². The molecule has 0 spiro atoms. The highest BCUT2D eigenvalue weighted by atomic mass is 32.2. The fourth-order valence-corrected chi connectivity index (χ4v) is 3.38. The van der Waals surface area contributed by atoms with Crippen molar-refractivity contribution in [1.29, 1.82) is 0 Å². The maximum absolute atomic E-state index is 13.2. The van der Waals surface area contributed by atoms with E-state index >= 15 is 0 Å². The Kier molecular flexibility index (Phi) is 4.81. The van der Waals surface area contributed by atoms with Crippen LogP contribution in [0.2, 0.25) is 0 Å². The van der Waals surface area contributed by atoms with Gasteiger partial charge in [-0.05, 0) is 42.3 Å². The lowest BCUT2D eigenvalue weighted by Crippen LogP contribution is -2.23. The number of sulfone groups is 1. The standard InChI is InChI=1S/C16H15F3N4O3S/c1-27(25,26)13-4-2-12(3-5-13)23-14(10-15(20-23)16(17,18)19)11-6-8-22(21-24)9-7-11/h2-6,10H,7-9H2,1H3. The molecule has 0 aliphatic carbocycles. The number of rotatable bonds is 4. The molecule has 0 saturated carbocycles. The Bertz CT molecular complexity index is 995. The summed E-state index contributed by atoms with van der Waals surface area (Å²) in [6, 6.07) is 6.37. The van der Waals surface area contributed by atoms with Crippen LogP contribution in [0.4, 0.5) is 13.2 Å². The van der Waals surface area contributed by atoms with Gasteiger partial charge in [-0.2, -0.15) is 18.3 Å². The molecule has 1 aromatic carbocycles. The van der Waals surface area contributed by atoms with E-state index in [4.69, 9.17) is 0 Å². The summed E-state index contributed by atoms with van der Waals surface area (Å²) >= 11 is 0. The lowest BCUT2D eigenvalue weighted by molar-refractivity contribution is -0.141.